The molecule has 5 nitrogen and oxygen atoms in total. The van der Waals surface area contributed by atoms with Crippen LogP contribution in [0.3, 0.4) is 0 Å². The van der Waals surface area contributed by atoms with Crippen molar-refractivity contribution in [1.29, 1.82) is 0 Å². The van der Waals surface area contributed by atoms with E-state index in [0.29, 0.717) is 18.1 Å². The van der Waals surface area contributed by atoms with Crippen LogP contribution in [-0.4, -0.2) is 24.1 Å². The van der Waals surface area contributed by atoms with Crippen LogP contribution in [-0.2, 0) is 13.1 Å². The predicted octanol–water partition coefficient (Wildman–Crippen LogP) is 4.00. The summed E-state index contributed by atoms with van der Waals surface area (Å²) in [5, 5.41) is 5.99. The number of aromatic nitrogens is 1. The summed E-state index contributed by atoms with van der Waals surface area (Å²) in [4.78, 5) is 8.32. The van der Waals surface area contributed by atoms with Crippen LogP contribution in [0.5, 0.6) is 5.75 Å². The molecular formula is C18H22F3IN4O. The van der Waals surface area contributed by atoms with Crippen molar-refractivity contribution in [3.8, 4) is 5.75 Å². The Hall–Kier alpha value is -2.04. The van der Waals surface area contributed by atoms with Crippen molar-refractivity contribution < 1.29 is 17.9 Å². The molecule has 0 radical (unpaired) electrons. The van der Waals surface area contributed by atoms with Crippen LogP contribution >= 0.6 is 24.0 Å². The standard InChI is InChI=1S/C18H21F3N4O.HI/c1-3-22-18(25-11-15-14(19)5-4-8-23-15)24-10-13-9-12(2)6-7-16(13)26-17(20)21;/h4-9,17H,3,10-11H2,1-2H3,(H2,22,24,25);1H. The van der Waals surface area contributed by atoms with E-state index >= 15 is 0 Å². The Bertz CT molecular complexity index is 759. The van der Waals surface area contributed by atoms with Crippen LogP contribution < -0.4 is 15.4 Å². The van der Waals surface area contributed by atoms with Crippen molar-refractivity contribution in [2.45, 2.75) is 33.5 Å². The third-order valence-corrected chi connectivity index (χ3v) is 3.44. The summed E-state index contributed by atoms with van der Waals surface area (Å²) in [6.07, 6.45) is 1.50. The Labute approximate surface area is 173 Å². The minimum Gasteiger partial charge on any atom is -0.434 e. The van der Waals surface area contributed by atoms with E-state index < -0.39 is 12.4 Å². The Morgan fingerprint density at radius 3 is 2.70 bits per heavy atom. The van der Waals surface area contributed by atoms with Gasteiger partial charge in [0.1, 0.15) is 11.6 Å². The van der Waals surface area contributed by atoms with Gasteiger partial charge in [0.05, 0.1) is 18.8 Å². The van der Waals surface area contributed by atoms with E-state index in [9.17, 15) is 13.2 Å². The highest BCUT2D eigenvalue weighted by Gasteiger charge is 2.10. The molecule has 0 aliphatic rings. The Balaban J connectivity index is 0.00000364. The highest BCUT2D eigenvalue weighted by Crippen LogP contribution is 2.22. The zero-order valence-corrected chi connectivity index (χ0v) is 17.3. The number of hydrogen-bond donors (Lipinski definition) is 2. The molecule has 148 valence electrons. The number of ether oxygens (including phenoxy) is 1. The smallest absolute Gasteiger partial charge is 0.387 e. The molecule has 0 atom stereocenters. The van der Waals surface area contributed by atoms with Gasteiger partial charge in [0.2, 0.25) is 0 Å². The third kappa shape index (κ3) is 7.61. The molecule has 2 aromatic rings. The number of guanidine groups is 1. The first-order chi connectivity index (χ1) is 12.5. The largest absolute Gasteiger partial charge is 0.434 e. The lowest BCUT2D eigenvalue weighted by atomic mass is 10.1. The van der Waals surface area contributed by atoms with Crippen molar-refractivity contribution in [2.75, 3.05) is 6.54 Å². The molecule has 9 heteroatoms. The molecule has 0 unspecified atom stereocenters. The van der Waals surface area contributed by atoms with Crippen molar-refractivity contribution in [3.05, 3.63) is 59.2 Å². The van der Waals surface area contributed by atoms with Gasteiger partial charge in [0.25, 0.3) is 0 Å². The summed E-state index contributed by atoms with van der Waals surface area (Å²) in [5.41, 5.74) is 1.70. The Morgan fingerprint density at radius 2 is 2.04 bits per heavy atom. The summed E-state index contributed by atoms with van der Waals surface area (Å²) in [5.74, 6) is 0.0881. The molecule has 0 bridgehead atoms. The number of alkyl halides is 2. The Morgan fingerprint density at radius 1 is 1.26 bits per heavy atom. The molecule has 27 heavy (non-hydrogen) atoms. The quantitative estimate of drug-likeness (QED) is 0.347. The summed E-state index contributed by atoms with van der Waals surface area (Å²) >= 11 is 0. The van der Waals surface area contributed by atoms with E-state index in [1.807, 2.05) is 13.8 Å². The fourth-order valence-electron chi connectivity index (χ4n) is 2.26. The van der Waals surface area contributed by atoms with Gasteiger partial charge < -0.3 is 15.4 Å². The van der Waals surface area contributed by atoms with Gasteiger partial charge in [-0.2, -0.15) is 8.78 Å². The molecule has 0 saturated heterocycles. The minimum absolute atomic E-state index is 0. The minimum atomic E-state index is -2.90. The van der Waals surface area contributed by atoms with Crippen molar-refractivity contribution >= 4 is 29.9 Å². The normalized spacial score (nSPS) is 11.1. The van der Waals surface area contributed by atoms with E-state index in [2.05, 4.69) is 25.3 Å². The zero-order valence-electron chi connectivity index (χ0n) is 15.0. The molecule has 0 saturated carbocycles. The van der Waals surface area contributed by atoms with Gasteiger partial charge in [-0.1, -0.05) is 17.7 Å². The molecule has 1 heterocycles. The molecule has 0 amide bonds. The molecule has 2 rings (SSSR count). The van der Waals surface area contributed by atoms with Gasteiger partial charge >= 0.3 is 6.61 Å². The van der Waals surface area contributed by atoms with Gasteiger partial charge in [0, 0.05) is 18.3 Å². The lowest BCUT2D eigenvalue weighted by Gasteiger charge is -2.13. The molecule has 0 fully saturated rings. The number of halogens is 4. The van der Waals surface area contributed by atoms with Crippen LogP contribution in [0.15, 0.2) is 41.5 Å². The first-order valence-corrected chi connectivity index (χ1v) is 8.15. The topological polar surface area (TPSA) is 58.5 Å². The summed E-state index contributed by atoms with van der Waals surface area (Å²) in [6, 6.07) is 7.77. The highest BCUT2D eigenvalue weighted by molar-refractivity contribution is 14.0. The van der Waals surface area contributed by atoms with Gasteiger partial charge in [0.15, 0.2) is 5.96 Å². The molecule has 0 spiro atoms. The lowest BCUT2D eigenvalue weighted by molar-refractivity contribution is -0.0504. The number of nitrogens with one attached hydrogen (secondary N) is 2. The van der Waals surface area contributed by atoms with Crippen LogP contribution in [0.2, 0.25) is 0 Å². The number of nitrogens with zero attached hydrogens (tertiary/aromatic N) is 2. The maximum atomic E-state index is 13.6. The van der Waals surface area contributed by atoms with Gasteiger partial charge in [-0.25, -0.2) is 9.38 Å². The van der Waals surface area contributed by atoms with E-state index in [1.54, 1.807) is 12.1 Å². The third-order valence-electron chi connectivity index (χ3n) is 3.44. The van der Waals surface area contributed by atoms with Crippen molar-refractivity contribution in [1.82, 2.24) is 15.6 Å². The fourth-order valence-corrected chi connectivity index (χ4v) is 2.26. The maximum Gasteiger partial charge on any atom is 0.387 e. The number of aliphatic imine (C=N–C) groups is 1. The van der Waals surface area contributed by atoms with Crippen LogP contribution in [0.4, 0.5) is 13.2 Å². The SMILES string of the molecule is CCNC(=NCc1cc(C)ccc1OC(F)F)NCc1ncccc1F.I. The highest BCUT2D eigenvalue weighted by atomic mass is 127. The van der Waals surface area contributed by atoms with Crippen LogP contribution in [0, 0.1) is 12.7 Å². The summed E-state index contributed by atoms with van der Waals surface area (Å²) in [6.45, 7) is 1.70. The lowest BCUT2D eigenvalue weighted by Crippen LogP contribution is -2.37. The van der Waals surface area contributed by atoms with Crippen molar-refractivity contribution in [2.24, 2.45) is 4.99 Å². The summed E-state index contributed by atoms with van der Waals surface area (Å²) < 4.78 is 43.3. The van der Waals surface area contributed by atoms with E-state index in [4.69, 9.17) is 0 Å². The second-order valence-corrected chi connectivity index (χ2v) is 5.47. The van der Waals surface area contributed by atoms with E-state index in [-0.39, 0.29) is 48.5 Å². The van der Waals surface area contributed by atoms with Gasteiger partial charge in [-0.3, -0.25) is 4.98 Å². The Kier molecular flexibility index (Phi) is 9.90. The second kappa shape index (κ2) is 11.6. The van der Waals surface area contributed by atoms with Gasteiger partial charge in [-0.05, 0) is 32.0 Å². The van der Waals surface area contributed by atoms with E-state index in [0.717, 1.165) is 5.56 Å². The van der Waals surface area contributed by atoms with Crippen LogP contribution in [0.1, 0.15) is 23.7 Å². The molecule has 1 aromatic heterocycles. The van der Waals surface area contributed by atoms with E-state index in [1.165, 1.54) is 24.4 Å². The monoisotopic (exact) mass is 494 g/mol. The van der Waals surface area contributed by atoms with Crippen molar-refractivity contribution in [3.63, 3.8) is 0 Å². The maximum absolute atomic E-state index is 13.6. The molecule has 0 aliphatic carbocycles. The number of aryl methyl sites for hydroxylation is 1. The number of benzene rings is 1. The van der Waals surface area contributed by atoms with Crippen LogP contribution in [0.25, 0.3) is 0 Å². The predicted molar refractivity (Wildman–Crippen MR) is 109 cm³/mol. The second-order valence-electron chi connectivity index (χ2n) is 5.47. The number of pyridine rings is 1. The zero-order chi connectivity index (χ0) is 18.9. The number of rotatable bonds is 7. The molecule has 2 N–H and O–H groups in total. The first kappa shape index (κ1) is 23.0. The van der Waals surface area contributed by atoms with Gasteiger partial charge in [-0.15, -0.1) is 24.0 Å². The fraction of sp³-hybridized carbons (Fsp3) is 0.333. The average molecular weight is 494 g/mol. The molecular weight excluding hydrogens is 472 g/mol. The first-order valence-electron chi connectivity index (χ1n) is 8.15. The number of hydrogen-bond acceptors (Lipinski definition) is 3. The average Bonchev–Trinajstić information content (AvgIpc) is 2.60. The summed E-state index contributed by atoms with van der Waals surface area (Å²) in [7, 11) is 0. The molecule has 0 aliphatic heterocycles. The molecule has 1 aromatic carbocycles.